The first kappa shape index (κ1) is 31.1. The Morgan fingerprint density at radius 1 is 1.06 bits per heavy atom. The lowest BCUT2D eigenvalue weighted by Crippen LogP contribution is -2.40. The number of hydrogen-bond acceptors (Lipinski definition) is 5. The highest BCUT2D eigenvalue weighted by Gasteiger charge is 2.33. The molecule has 0 spiro atoms. The lowest BCUT2D eigenvalue weighted by molar-refractivity contribution is 0.0500. The van der Waals surface area contributed by atoms with Gasteiger partial charge in [0.1, 0.15) is 17.1 Å². The number of rotatable bonds is 6. The van der Waals surface area contributed by atoms with Crippen LogP contribution in [0.5, 0.6) is 0 Å². The molecule has 1 aliphatic heterocycles. The van der Waals surface area contributed by atoms with Gasteiger partial charge in [0.2, 0.25) is 0 Å². The van der Waals surface area contributed by atoms with Gasteiger partial charge in [-0.1, -0.05) is 42.0 Å². The molecule has 1 fully saturated rings. The Hall–Kier alpha value is -4.53. The molecule has 0 saturated heterocycles. The third kappa shape index (κ3) is 6.66. The van der Waals surface area contributed by atoms with E-state index < -0.39 is 11.7 Å². The number of allylic oxidation sites excluding steroid dienone is 1. The fourth-order valence-corrected chi connectivity index (χ4v) is 6.98. The molecule has 2 atom stereocenters. The molecule has 2 aliphatic carbocycles. The largest absolute Gasteiger partial charge is 0.444 e. The summed E-state index contributed by atoms with van der Waals surface area (Å²) in [5, 5.41) is 7.78. The smallest absolute Gasteiger partial charge is 0.407 e. The van der Waals surface area contributed by atoms with Crippen LogP contribution in [0.4, 0.5) is 9.18 Å². The summed E-state index contributed by atoms with van der Waals surface area (Å²) in [5.41, 5.74) is 6.75. The molecule has 244 valence electrons. The summed E-state index contributed by atoms with van der Waals surface area (Å²) in [4.78, 5) is 32.8. The minimum absolute atomic E-state index is 0.00850. The first-order chi connectivity index (χ1) is 22.5. The number of aromatic nitrogens is 3. The van der Waals surface area contributed by atoms with Gasteiger partial charge in [-0.05, 0) is 108 Å². The van der Waals surface area contributed by atoms with Crippen molar-refractivity contribution in [2.24, 2.45) is 0 Å². The lowest BCUT2D eigenvalue weighted by Gasteiger charge is -2.35. The van der Waals surface area contributed by atoms with Crippen LogP contribution in [0, 0.1) is 5.82 Å². The molecule has 9 heteroatoms. The minimum atomic E-state index is -0.549. The summed E-state index contributed by atoms with van der Waals surface area (Å²) in [6, 6.07) is 17.2. The third-order valence-electron chi connectivity index (χ3n) is 9.44. The summed E-state index contributed by atoms with van der Waals surface area (Å²) < 4.78 is 22.9. The molecule has 2 aromatic carbocycles. The zero-order valence-corrected chi connectivity index (χ0v) is 27.6. The first-order valence-corrected chi connectivity index (χ1v) is 16.8. The van der Waals surface area contributed by atoms with Crippen molar-refractivity contribution in [3.8, 4) is 11.3 Å². The second-order valence-corrected chi connectivity index (χ2v) is 14.2. The lowest BCUT2D eigenvalue weighted by atomic mass is 9.90. The van der Waals surface area contributed by atoms with Gasteiger partial charge in [0.15, 0.2) is 5.65 Å². The van der Waals surface area contributed by atoms with Crippen LogP contribution in [-0.2, 0) is 17.6 Å². The third-order valence-corrected chi connectivity index (χ3v) is 9.44. The normalized spacial score (nSPS) is 19.7. The number of fused-ring (bicyclic) bond motifs is 2. The predicted octanol–water partition coefficient (Wildman–Crippen LogP) is 7.72. The molecular weight excluding hydrogens is 593 g/mol. The van der Waals surface area contributed by atoms with Crippen LogP contribution in [0.25, 0.3) is 16.9 Å². The average Bonchev–Trinajstić information content (AvgIpc) is 3.78. The van der Waals surface area contributed by atoms with Crippen LogP contribution in [-0.4, -0.2) is 49.7 Å². The average molecular weight is 636 g/mol. The molecule has 3 heterocycles. The van der Waals surface area contributed by atoms with E-state index >= 15 is 4.39 Å². The Morgan fingerprint density at radius 2 is 1.87 bits per heavy atom. The Kier molecular flexibility index (Phi) is 8.10. The van der Waals surface area contributed by atoms with Crippen molar-refractivity contribution in [3.63, 3.8) is 0 Å². The van der Waals surface area contributed by atoms with Crippen molar-refractivity contribution in [3.05, 3.63) is 100 Å². The van der Waals surface area contributed by atoms with E-state index in [1.807, 2.05) is 49.9 Å². The predicted molar refractivity (Wildman–Crippen MR) is 179 cm³/mol. The second-order valence-electron chi connectivity index (χ2n) is 14.2. The minimum Gasteiger partial charge on any atom is -0.444 e. The first-order valence-electron chi connectivity index (χ1n) is 16.8. The van der Waals surface area contributed by atoms with Crippen LogP contribution in [0.15, 0.2) is 66.2 Å². The number of halogens is 1. The van der Waals surface area contributed by atoms with E-state index in [0.717, 1.165) is 43.4 Å². The van der Waals surface area contributed by atoms with Crippen LogP contribution < -0.4 is 5.32 Å². The highest BCUT2D eigenvalue weighted by Crippen LogP contribution is 2.41. The molecule has 0 bridgehead atoms. The zero-order valence-electron chi connectivity index (χ0n) is 27.6. The van der Waals surface area contributed by atoms with Crippen molar-refractivity contribution >= 4 is 17.6 Å². The van der Waals surface area contributed by atoms with Gasteiger partial charge in [0.05, 0.1) is 11.7 Å². The quantitative estimate of drug-likeness (QED) is 0.219. The topological polar surface area (TPSA) is 88.8 Å². The van der Waals surface area contributed by atoms with Crippen molar-refractivity contribution in [2.45, 2.75) is 96.2 Å². The number of carbonyl (C=O) groups is 2. The highest BCUT2D eigenvalue weighted by molar-refractivity contribution is 5.93. The van der Waals surface area contributed by atoms with E-state index in [9.17, 15) is 9.59 Å². The Balaban J connectivity index is 1.09. The summed E-state index contributed by atoms with van der Waals surface area (Å²) in [7, 11) is 0. The van der Waals surface area contributed by atoms with E-state index in [2.05, 4.69) is 30.4 Å². The maximum absolute atomic E-state index is 15.7. The zero-order chi connectivity index (χ0) is 32.9. The molecule has 1 saturated carbocycles. The van der Waals surface area contributed by atoms with E-state index in [1.165, 1.54) is 16.7 Å². The van der Waals surface area contributed by atoms with Gasteiger partial charge in [0.25, 0.3) is 5.91 Å². The Bertz CT molecular complexity index is 1890. The van der Waals surface area contributed by atoms with Crippen LogP contribution in [0.2, 0.25) is 0 Å². The fourth-order valence-electron chi connectivity index (χ4n) is 6.98. The maximum atomic E-state index is 15.7. The SMILES string of the molecule is C[C@@H]1c2ccccc2CCN1C(=O)c1cc(C2CC2)n2nc(-c3ccc(CC4=CCCC(NC(=O)OC(C)(C)C)C4)cc3F)cc2n1. The molecule has 1 N–H and O–H groups in total. The highest BCUT2D eigenvalue weighted by atomic mass is 19.1. The number of alkyl carbamates (subject to hydrolysis) is 1. The molecule has 2 amide bonds. The number of carbonyl (C=O) groups excluding carboxylic acids is 2. The second kappa shape index (κ2) is 12.2. The molecule has 1 unspecified atom stereocenters. The van der Waals surface area contributed by atoms with Gasteiger partial charge in [-0.15, -0.1) is 0 Å². The standard InChI is InChI=1S/C38H42FN5O3/c1-23-29-11-6-5-9-26(29)16-17-43(23)36(45)33-21-34(27-13-14-27)44-35(41-33)22-32(42-44)30-15-12-25(20-31(30)39)18-24-8-7-10-28(19-24)40-37(46)47-38(2,3)4/h5-6,8-9,11-12,15,20-23,27-28H,7,10,13-14,16-19H2,1-4H3,(H,40,46)/t23-,28?/m1/s1. The monoisotopic (exact) mass is 635 g/mol. The van der Waals surface area contributed by atoms with E-state index in [4.69, 9.17) is 14.8 Å². The van der Waals surface area contributed by atoms with E-state index in [-0.39, 0.29) is 23.8 Å². The summed E-state index contributed by atoms with van der Waals surface area (Å²) in [6.07, 6.45) is 7.66. The van der Waals surface area contributed by atoms with E-state index in [1.54, 1.807) is 22.7 Å². The molecule has 7 rings (SSSR count). The van der Waals surface area contributed by atoms with Gasteiger partial charge in [-0.2, -0.15) is 5.10 Å². The number of nitrogens with zero attached hydrogens (tertiary/aromatic N) is 4. The summed E-state index contributed by atoms with van der Waals surface area (Å²) in [5.74, 6) is -0.130. The van der Waals surface area contributed by atoms with Gasteiger partial charge >= 0.3 is 6.09 Å². The molecule has 3 aliphatic rings. The number of amides is 2. The fraction of sp³-hybridized carbons (Fsp3) is 0.421. The molecule has 2 aromatic heterocycles. The van der Waals surface area contributed by atoms with Crippen molar-refractivity contribution < 1.29 is 18.7 Å². The number of nitrogens with one attached hydrogen (secondary N) is 1. The van der Waals surface area contributed by atoms with Crippen molar-refractivity contribution in [2.75, 3.05) is 6.54 Å². The van der Waals surface area contributed by atoms with Gasteiger partial charge in [0, 0.05) is 35.8 Å². The molecule has 0 radical (unpaired) electrons. The van der Waals surface area contributed by atoms with Gasteiger partial charge in [-0.3, -0.25) is 4.79 Å². The van der Waals surface area contributed by atoms with Crippen LogP contribution in [0.3, 0.4) is 0 Å². The Labute approximate surface area is 275 Å². The van der Waals surface area contributed by atoms with Crippen molar-refractivity contribution in [1.82, 2.24) is 24.8 Å². The van der Waals surface area contributed by atoms with Crippen molar-refractivity contribution in [1.29, 1.82) is 0 Å². The van der Waals surface area contributed by atoms with Gasteiger partial charge < -0.3 is 15.0 Å². The van der Waals surface area contributed by atoms with Crippen LogP contribution >= 0.6 is 0 Å². The maximum Gasteiger partial charge on any atom is 0.407 e. The van der Waals surface area contributed by atoms with Gasteiger partial charge in [-0.25, -0.2) is 18.7 Å². The molecular formula is C38H42FN5O3. The molecule has 4 aromatic rings. The number of benzene rings is 2. The number of hydrogen-bond donors (Lipinski definition) is 1. The van der Waals surface area contributed by atoms with Crippen LogP contribution in [0.1, 0.15) is 105 Å². The molecule has 8 nitrogen and oxygen atoms in total. The number of ether oxygens (including phenoxy) is 1. The summed E-state index contributed by atoms with van der Waals surface area (Å²) in [6.45, 7) is 8.26. The summed E-state index contributed by atoms with van der Waals surface area (Å²) >= 11 is 0. The Morgan fingerprint density at radius 3 is 2.64 bits per heavy atom. The van der Waals surface area contributed by atoms with E-state index in [0.29, 0.717) is 47.9 Å². The molecule has 47 heavy (non-hydrogen) atoms.